The minimum absolute atomic E-state index is 0.0251. The number of benzene rings is 2. The van der Waals surface area contributed by atoms with E-state index in [0.717, 1.165) is 16.4 Å². The summed E-state index contributed by atoms with van der Waals surface area (Å²) >= 11 is 6.08. The summed E-state index contributed by atoms with van der Waals surface area (Å²) in [6.07, 6.45) is 3.15. The first-order valence-electron chi connectivity index (χ1n) is 8.21. The van der Waals surface area contributed by atoms with Crippen LogP contribution in [0.4, 0.5) is 10.1 Å². The number of hydrogen-bond acceptors (Lipinski definition) is 5. The molecule has 0 saturated carbocycles. The molecule has 3 aromatic rings. The lowest BCUT2D eigenvalue weighted by atomic mass is 10.2. The normalized spacial score (nSPS) is 12.8. The zero-order chi connectivity index (χ0) is 19.7. The highest BCUT2D eigenvalue weighted by atomic mass is 35.5. The van der Waals surface area contributed by atoms with E-state index in [4.69, 9.17) is 21.1 Å². The van der Waals surface area contributed by atoms with Crippen LogP contribution >= 0.6 is 11.6 Å². The molecule has 0 saturated heterocycles. The maximum Gasteiger partial charge on any atom is 0.266 e. The van der Waals surface area contributed by atoms with Gasteiger partial charge in [0, 0.05) is 18.5 Å². The van der Waals surface area contributed by atoms with Gasteiger partial charge in [0.2, 0.25) is 6.79 Å². The van der Waals surface area contributed by atoms with Crippen molar-refractivity contribution in [2.45, 2.75) is 11.4 Å². The number of anilines is 1. The zero-order valence-electron chi connectivity index (χ0n) is 14.4. The Morgan fingerprint density at radius 3 is 2.71 bits per heavy atom. The first kappa shape index (κ1) is 18.5. The van der Waals surface area contributed by atoms with E-state index in [1.165, 1.54) is 6.07 Å². The molecule has 1 aliphatic rings. The third-order valence-corrected chi connectivity index (χ3v) is 6.41. The van der Waals surface area contributed by atoms with Crippen molar-refractivity contribution in [1.82, 2.24) is 4.98 Å². The molecule has 2 heterocycles. The molecule has 0 unspecified atom stereocenters. The first-order valence-corrected chi connectivity index (χ1v) is 10.0. The maximum absolute atomic E-state index is 13.8. The van der Waals surface area contributed by atoms with Gasteiger partial charge < -0.3 is 9.47 Å². The van der Waals surface area contributed by atoms with Gasteiger partial charge in [-0.3, -0.25) is 9.29 Å². The van der Waals surface area contributed by atoms with E-state index in [1.807, 2.05) is 0 Å². The Morgan fingerprint density at radius 1 is 1.11 bits per heavy atom. The monoisotopic (exact) mass is 420 g/mol. The van der Waals surface area contributed by atoms with Gasteiger partial charge in [-0.25, -0.2) is 12.8 Å². The third-order valence-electron chi connectivity index (χ3n) is 4.15. The second-order valence-electron chi connectivity index (χ2n) is 5.99. The van der Waals surface area contributed by atoms with Crippen molar-refractivity contribution in [1.29, 1.82) is 0 Å². The van der Waals surface area contributed by atoms with Gasteiger partial charge in [-0.1, -0.05) is 17.7 Å². The Morgan fingerprint density at radius 2 is 1.93 bits per heavy atom. The Bertz CT molecular complexity index is 1130. The second kappa shape index (κ2) is 7.29. The largest absolute Gasteiger partial charge is 0.454 e. The molecule has 0 spiro atoms. The van der Waals surface area contributed by atoms with Crippen molar-refractivity contribution in [3.8, 4) is 11.5 Å². The van der Waals surface area contributed by atoms with Crippen LogP contribution in [0.3, 0.4) is 0 Å². The van der Waals surface area contributed by atoms with Crippen LogP contribution in [0.2, 0.25) is 5.02 Å². The highest BCUT2D eigenvalue weighted by molar-refractivity contribution is 7.93. The molecule has 0 radical (unpaired) electrons. The lowest BCUT2D eigenvalue weighted by Gasteiger charge is -2.25. The van der Waals surface area contributed by atoms with Crippen LogP contribution < -0.4 is 13.8 Å². The summed E-state index contributed by atoms with van der Waals surface area (Å²) in [7, 11) is -4.19. The van der Waals surface area contributed by atoms with Crippen LogP contribution in [0, 0.1) is 5.82 Å². The quantitative estimate of drug-likeness (QED) is 0.624. The van der Waals surface area contributed by atoms with E-state index in [-0.39, 0.29) is 23.3 Å². The van der Waals surface area contributed by atoms with Crippen molar-refractivity contribution in [2.75, 3.05) is 11.1 Å². The number of sulfonamides is 1. The minimum atomic E-state index is -4.19. The van der Waals surface area contributed by atoms with Crippen LogP contribution in [0.15, 0.2) is 65.8 Å². The van der Waals surface area contributed by atoms with Gasteiger partial charge in [0.15, 0.2) is 11.5 Å². The lowest BCUT2D eigenvalue weighted by molar-refractivity contribution is 0.174. The lowest BCUT2D eigenvalue weighted by Crippen LogP contribution is -2.31. The summed E-state index contributed by atoms with van der Waals surface area (Å²) in [6.45, 7) is 0.0343. The fraction of sp³-hybridized carbons (Fsp3) is 0.105. The molecule has 4 rings (SSSR count). The van der Waals surface area contributed by atoms with Crippen molar-refractivity contribution in [3.05, 3.63) is 77.3 Å². The summed E-state index contributed by atoms with van der Waals surface area (Å²) in [6, 6.07) is 11.4. The van der Waals surface area contributed by atoms with Crippen molar-refractivity contribution in [3.63, 3.8) is 0 Å². The predicted octanol–water partition coefficient (Wildman–Crippen LogP) is 4.00. The Balaban J connectivity index is 1.84. The van der Waals surface area contributed by atoms with E-state index >= 15 is 0 Å². The van der Waals surface area contributed by atoms with Crippen LogP contribution in [0.5, 0.6) is 11.5 Å². The van der Waals surface area contributed by atoms with Crippen LogP contribution in [0.1, 0.15) is 5.56 Å². The molecule has 9 heteroatoms. The van der Waals surface area contributed by atoms with Crippen molar-refractivity contribution >= 4 is 27.3 Å². The second-order valence-corrected chi connectivity index (χ2v) is 8.22. The Kier molecular flexibility index (Phi) is 4.82. The Labute approximate surface area is 166 Å². The van der Waals surface area contributed by atoms with Gasteiger partial charge in [-0.2, -0.15) is 0 Å². The van der Waals surface area contributed by atoms with Gasteiger partial charge in [-0.05, 0) is 42.0 Å². The SMILES string of the molecule is O=S(=O)(c1cc(F)ccc1Cl)N(Cc1cccnc1)c1ccc2c(c1)OCO2. The Hall–Kier alpha value is -2.84. The van der Waals surface area contributed by atoms with Crippen molar-refractivity contribution < 1.29 is 22.3 Å². The topological polar surface area (TPSA) is 68.7 Å². The van der Waals surface area contributed by atoms with Gasteiger partial charge in [0.05, 0.1) is 17.3 Å². The standard InChI is InChI=1S/C19H14ClFN2O4S/c20-16-5-3-14(21)8-19(16)28(24,25)23(11-13-2-1-7-22-10-13)15-4-6-17-18(9-15)27-12-26-17/h1-10H,11-12H2. The van der Waals surface area contributed by atoms with Gasteiger partial charge in [0.25, 0.3) is 10.0 Å². The smallest absolute Gasteiger partial charge is 0.266 e. The molecule has 28 heavy (non-hydrogen) atoms. The van der Waals surface area contributed by atoms with E-state index in [1.54, 1.807) is 42.7 Å². The molecule has 0 aliphatic carbocycles. The number of hydrogen-bond donors (Lipinski definition) is 0. The van der Waals surface area contributed by atoms with Crippen LogP contribution in [-0.4, -0.2) is 20.2 Å². The molecule has 0 bridgehead atoms. The molecule has 0 atom stereocenters. The number of aromatic nitrogens is 1. The zero-order valence-corrected chi connectivity index (χ0v) is 16.0. The number of nitrogens with zero attached hydrogens (tertiary/aromatic N) is 2. The fourth-order valence-corrected chi connectivity index (χ4v) is 4.74. The van der Waals surface area contributed by atoms with Gasteiger partial charge >= 0.3 is 0 Å². The number of ether oxygens (including phenoxy) is 2. The predicted molar refractivity (Wildman–Crippen MR) is 102 cm³/mol. The summed E-state index contributed by atoms with van der Waals surface area (Å²) in [4.78, 5) is 3.70. The van der Waals surface area contributed by atoms with Crippen LogP contribution in [0.25, 0.3) is 0 Å². The van der Waals surface area contributed by atoms with E-state index in [9.17, 15) is 12.8 Å². The van der Waals surface area contributed by atoms with E-state index in [2.05, 4.69) is 4.98 Å². The summed E-state index contributed by atoms with van der Waals surface area (Å²) in [5.41, 5.74) is 0.977. The number of rotatable bonds is 5. The highest BCUT2D eigenvalue weighted by Gasteiger charge is 2.29. The fourth-order valence-electron chi connectivity index (χ4n) is 2.81. The first-order chi connectivity index (χ1) is 13.4. The average Bonchev–Trinajstić information content (AvgIpc) is 3.16. The molecular formula is C19H14ClFN2O4S. The van der Waals surface area contributed by atoms with Crippen molar-refractivity contribution in [2.24, 2.45) is 0 Å². The number of pyridine rings is 1. The summed E-state index contributed by atoms with van der Waals surface area (Å²) < 4.78 is 52.3. The van der Waals surface area contributed by atoms with E-state index < -0.39 is 15.8 Å². The minimum Gasteiger partial charge on any atom is -0.454 e. The van der Waals surface area contributed by atoms with Crippen LogP contribution in [-0.2, 0) is 16.6 Å². The molecule has 144 valence electrons. The summed E-state index contributed by atoms with van der Waals surface area (Å²) in [5, 5.41) is -0.0710. The van der Waals surface area contributed by atoms with E-state index in [0.29, 0.717) is 22.7 Å². The number of fused-ring (bicyclic) bond motifs is 1. The third kappa shape index (κ3) is 3.48. The molecule has 0 amide bonds. The highest BCUT2D eigenvalue weighted by Crippen LogP contribution is 2.38. The average molecular weight is 421 g/mol. The van der Waals surface area contributed by atoms with Gasteiger partial charge in [0.1, 0.15) is 10.7 Å². The molecule has 6 nitrogen and oxygen atoms in total. The maximum atomic E-state index is 13.8. The molecular weight excluding hydrogens is 407 g/mol. The molecule has 0 fully saturated rings. The molecule has 1 aliphatic heterocycles. The molecule has 1 aromatic heterocycles. The molecule has 0 N–H and O–H groups in total. The molecule has 2 aromatic carbocycles. The summed E-state index contributed by atoms with van der Waals surface area (Å²) in [5.74, 6) is 0.246. The number of halogens is 2. The van der Waals surface area contributed by atoms with Gasteiger partial charge in [-0.15, -0.1) is 0 Å².